The van der Waals surface area contributed by atoms with Crippen LogP contribution >= 0.6 is 0 Å². The number of nitrogens with zero attached hydrogens (tertiary/aromatic N) is 2. The van der Waals surface area contributed by atoms with Crippen LogP contribution in [0.3, 0.4) is 0 Å². The van der Waals surface area contributed by atoms with Gasteiger partial charge in [-0.25, -0.2) is 0 Å². The van der Waals surface area contributed by atoms with Gasteiger partial charge in [-0.1, -0.05) is 41.6 Å². The van der Waals surface area contributed by atoms with Crippen molar-refractivity contribution in [1.29, 1.82) is 5.53 Å². The second-order valence-corrected chi connectivity index (χ2v) is 4.43. The molecule has 0 amide bonds. The summed E-state index contributed by atoms with van der Waals surface area (Å²) in [5.41, 5.74) is 18.0. The third kappa shape index (κ3) is 2.68. The van der Waals surface area contributed by atoms with Gasteiger partial charge in [0.25, 0.3) is 0 Å². The minimum absolute atomic E-state index is 0.254. The summed E-state index contributed by atoms with van der Waals surface area (Å²) in [6, 6.07) is 14.1. The quantitative estimate of drug-likeness (QED) is 0.372. The van der Waals surface area contributed by atoms with E-state index in [-0.39, 0.29) is 5.84 Å². The SMILES string of the molecule is Cc1ccccc1-c1cc(C(N)=NN=N)ccc1C. The molecule has 0 bridgehead atoms. The summed E-state index contributed by atoms with van der Waals surface area (Å²) in [6.07, 6.45) is 0. The molecule has 0 heterocycles. The molecule has 2 aromatic rings. The van der Waals surface area contributed by atoms with Gasteiger partial charge in [0.05, 0.1) is 0 Å². The third-order valence-electron chi connectivity index (χ3n) is 3.13. The average Bonchev–Trinajstić information content (AvgIpc) is 2.40. The molecule has 0 spiro atoms. The molecule has 0 aliphatic rings. The number of nitrogens with two attached hydrogens (primary N) is 1. The first-order valence-electron chi connectivity index (χ1n) is 6.00. The van der Waals surface area contributed by atoms with E-state index < -0.39 is 0 Å². The highest BCUT2D eigenvalue weighted by Gasteiger charge is 2.07. The smallest absolute Gasteiger partial charge is 0.155 e. The van der Waals surface area contributed by atoms with Crippen LogP contribution in [-0.2, 0) is 0 Å². The number of benzene rings is 2. The van der Waals surface area contributed by atoms with Crippen LogP contribution < -0.4 is 5.73 Å². The Labute approximate surface area is 112 Å². The van der Waals surface area contributed by atoms with E-state index in [4.69, 9.17) is 11.3 Å². The molecule has 2 aromatic carbocycles. The molecule has 19 heavy (non-hydrogen) atoms. The average molecular weight is 252 g/mol. The van der Waals surface area contributed by atoms with E-state index in [0.29, 0.717) is 0 Å². The van der Waals surface area contributed by atoms with Crippen LogP contribution in [0, 0.1) is 19.4 Å². The number of aryl methyl sites for hydroxylation is 2. The number of hydrogen-bond donors (Lipinski definition) is 2. The maximum Gasteiger partial charge on any atom is 0.155 e. The molecule has 0 unspecified atom stereocenters. The van der Waals surface area contributed by atoms with E-state index in [2.05, 4.69) is 36.3 Å². The molecule has 0 saturated carbocycles. The van der Waals surface area contributed by atoms with Crippen molar-refractivity contribution in [3.8, 4) is 11.1 Å². The van der Waals surface area contributed by atoms with Gasteiger partial charge in [-0.3, -0.25) is 0 Å². The number of nitrogens with one attached hydrogen (secondary N) is 1. The first-order chi connectivity index (χ1) is 9.13. The van der Waals surface area contributed by atoms with Gasteiger partial charge >= 0.3 is 0 Å². The van der Waals surface area contributed by atoms with Crippen LogP contribution in [0.25, 0.3) is 11.1 Å². The fourth-order valence-corrected chi connectivity index (χ4v) is 2.06. The summed E-state index contributed by atoms with van der Waals surface area (Å²) in [5, 5.41) is 6.54. The van der Waals surface area contributed by atoms with Gasteiger partial charge in [-0.05, 0) is 42.2 Å². The second kappa shape index (κ2) is 5.44. The minimum Gasteiger partial charge on any atom is -0.382 e. The largest absolute Gasteiger partial charge is 0.382 e. The summed E-state index contributed by atoms with van der Waals surface area (Å²) in [7, 11) is 0. The molecule has 4 heteroatoms. The molecule has 0 fully saturated rings. The van der Waals surface area contributed by atoms with E-state index >= 15 is 0 Å². The zero-order valence-corrected chi connectivity index (χ0v) is 11.0. The number of hydrogen-bond acceptors (Lipinski definition) is 2. The molecule has 0 atom stereocenters. The molecule has 4 nitrogen and oxygen atoms in total. The van der Waals surface area contributed by atoms with Crippen molar-refractivity contribution in [3.05, 3.63) is 59.2 Å². The first-order valence-corrected chi connectivity index (χ1v) is 6.00. The molecule has 0 aliphatic heterocycles. The normalized spacial score (nSPS) is 11.4. The topological polar surface area (TPSA) is 74.6 Å². The Morgan fingerprint density at radius 1 is 1.00 bits per heavy atom. The van der Waals surface area contributed by atoms with Gasteiger partial charge in [-0.15, -0.1) is 5.10 Å². The van der Waals surface area contributed by atoms with Crippen molar-refractivity contribution in [2.45, 2.75) is 13.8 Å². The fraction of sp³-hybridized carbons (Fsp3) is 0.133. The van der Waals surface area contributed by atoms with Crippen LogP contribution in [0.4, 0.5) is 0 Å². The van der Waals surface area contributed by atoms with Crippen molar-refractivity contribution in [1.82, 2.24) is 0 Å². The van der Waals surface area contributed by atoms with Crippen molar-refractivity contribution >= 4 is 5.84 Å². The molecular weight excluding hydrogens is 236 g/mol. The third-order valence-corrected chi connectivity index (χ3v) is 3.13. The van der Waals surface area contributed by atoms with Crippen LogP contribution in [0.15, 0.2) is 52.8 Å². The summed E-state index contributed by atoms with van der Waals surface area (Å²) >= 11 is 0. The van der Waals surface area contributed by atoms with E-state index in [1.54, 1.807) is 0 Å². The Hall–Kier alpha value is -2.49. The maximum absolute atomic E-state index is 6.73. The van der Waals surface area contributed by atoms with Gasteiger partial charge < -0.3 is 5.73 Å². The highest BCUT2D eigenvalue weighted by Crippen LogP contribution is 2.27. The van der Waals surface area contributed by atoms with Crippen LogP contribution in [0.5, 0.6) is 0 Å². The lowest BCUT2D eigenvalue weighted by Crippen LogP contribution is -2.12. The van der Waals surface area contributed by atoms with Crippen molar-refractivity contribution in [3.63, 3.8) is 0 Å². The fourth-order valence-electron chi connectivity index (χ4n) is 2.06. The highest BCUT2D eigenvalue weighted by atomic mass is 15.3. The Morgan fingerprint density at radius 3 is 2.37 bits per heavy atom. The molecule has 0 aliphatic carbocycles. The predicted octanol–water partition coefficient (Wildman–Crippen LogP) is 3.62. The zero-order chi connectivity index (χ0) is 13.8. The zero-order valence-electron chi connectivity index (χ0n) is 11.0. The molecule has 2 rings (SSSR count). The van der Waals surface area contributed by atoms with Gasteiger partial charge in [0.1, 0.15) is 0 Å². The molecule has 0 aromatic heterocycles. The van der Waals surface area contributed by atoms with Crippen LogP contribution in [0.1, 0.15) is 16.7 Å². The first kappa shape index (κ1) is 13.0. The second-order valence-electron chi connectivity index (χ2n) is 4.43. The lowest BCUT2D eigenvalue weighted by atomic mass is 9.95. The number of rotatable bonds is 3. The van der Waals surface area contributed by atoms with Crippen molar-refractivity contribution < 1.29 is 0 Å². The molecule has 0 radical (unpaired) electrons. The van der Waals surface area contributed by atoms with E-state index in [0.717, 1.165) is 11.1 Å². The Morgan fingerprint density at radius 2 is 1.68 bits per heavy atom. The Balaban J connectivity index is 2.58. The summed E-state index contributed by atoms with van der Waals surface area (Å²) in [4.78, 5) is 0. The predicted molar refractivity (Wildman–Crippen MR) is 77.2 cm³/mol. The Bertz CT molecular complexity index is 644. The minimum atomic E-state index is 0.254. The summed E-state index contributed by atoms with van der Waals surface area (Å²) in [6.45, 7) is 4.14. The van der Waals surface area contributed by atoms with Crippen molar-refractivity contribution in [2.24, 2.45) is 16.1 Å². The van der Waals surface area contributed by atoms with Crippen LogP contribution in [-0.4, -0.2) is 5.84 Å². The summed E-state index contributed by atoms with van der Waals surface area (Å²) < 4.78 is 0. The van der Waals surface area contributed by atoms with Crippen LogP contribution in [0.2, 0.25) is 0 Å². The molecule has 3 N–H and O–H groups in total. The highest BCUT2D eigenvalue weighted by molar-refractivity contribution is 5.98. The summed E-state index contributed by atoms with van der Waals surface area (Å²) in [5.74, 6) is 0.254. The van der Waals surface area contributed by atoms with E-state index in [9.17, 15) is 0 Å². The lowest BCUT2D eigenvalue weighted by molar-refractivity contribution is 0.986. The molecule has 96 valence electrons. The lowest BCUT2D eigenvalue weighted by Gasteiger charge is -2.11. The van der Waals surface area contributed by atoms with E-state index in [1.165, 1.54) is 16.7 Å². The monoisotopic (exact) mass is 252 g/mol. The maximum atomic E-state index is 6.73. The van der Waals surface area contributed by atoms with Gasteiger partial charge in [0, 0.05) is 5.56 Å². The van der Waals surface area contributed by atoms with Gasteiger partial charge in [-0.2, -0.15) is 5.53 Å². The van der Waals surface area contributed by atoms with Gasteiger partial charge in [0.15, 0.2) is 5.84 Å². The van der Waals surface area contributed by atoms with Crippen molar-refractivity contribution in [2.75, 3.05) is 0 Å². The standard InChI is InChI=1S/C15H16N4/c1-10-5-3-4-6-13(10)14-9-12(8-7-11(14)2)15(16)18-19-17/h3-9H,1-2H3,(H3,16,17,18). The molecular formula is C15H16N4. The van der Waals surface area contributed by atoms with E-state index in [1.807, 2.05) is 30.3 Å². The number of amidine groups is 1. The Kier molecular flexibility index (Phi) is 3.71. The van der Waals surface area contributed by atoms with Gasteiger partial charge in [0.2, 0.25) is 0 Å². The molecule has 0 saturated heterocycles.